The molecule has 1 fully saturated rings. The largest absolute Gasteiger partial charge is 0.497 e. The number of carbonyl (C=O) groups excluding carboxylic acids is 1. The Bertz CT molecular complexity index is 1170. The van der Waals surface area contributed by atoms with Gasteiger partial charge in [0.1, 0.15) is 11.4 Å². The number of unbranched alkanes of at least 4 members (excludes halogenated alkanes) is 1. The van der Waals surface area contributed by atoms with Crippen LogP contribution >= 0.6 is 0 Å². The van der Waals surface area contributed by atoms with Crippen LogP contribution in [0.4, 0.5) is 0 Å². The second kappa shape index (κ2) is 14.5. The average molecular weight is 547 g/mol. The highest BCUT2D eigenvalue weighted by atomic mass is 16.5. The van der Waals surface area contributed by atoms with Gasteiger partial charge in [0.05, 0.1) is 38.3 Å². The number of nitrogens with one attached hydrogen (secondary N) is 2. The van der Waals surface area contributed by atoms with Crippen molar-refractivity contribution in [3.8, 4) is 5.75 Å². The zero-order chi connectivity index (χ0) is 28.4. The number of amides is 1. The Labute approximate surface area is 239 Å². The number of likely N-dealkylation sites (tertiary alicyclic amines) is 1. The summed E-state index contributed by atoms with van der Waals surface area (Å²) in [6, 6.07) is 16.1. The van der Waals surface area contributed by atoms with Gasteiger partial charge in [-0.2, -0.15) is 0 Å². The van der Waals surface area contributed by atoms with Crippen LogP contribution < -0.4 is 10.1 Å². The molecule has 1 amide bonds. The predicted molar refractivity (Wildman–Crippen MR) is 160 cm³/mol. The van der Waals surface area contributed by atoms with Crippen molar-refractivity contribution >= 4 is 5.91 Å². The number of nitrogens with zero attached hydrogens (tertiary/aromatic N) is 2. The molecule has 0 bridgehead atoms. The number of hydrogen-bond acceptors (Lipinski definition) is 5. The monoisotopic (exact) mass is 546 g/mol. The van der Waals surface area contributed by atoms with Crippen LogP contribution in [0.25, 0.3) is 0 Å². The molecule has 40 heavy (non-hydrogen) atoms. The molecular formula is C33H46N4O3. The molecule has 2 unspecified atom stereocenters. The van der Waals surface area contributed by atoms with Gasteiger partial charge in [-0.3, -0.25) is 4.79 Å². The van der Waals surface area contributed by atoms with Crippen molar-refractivity contribution in [3.05, 3.63) is 83.4 Å². The predicted octanol–water partition coefficient (Wildman–Crippen LogP) is 5.76. The molecule has 2 atom stereocenters. The van der Waals surface area contributed by atoms with E-state index >= 15 is 0 Å². The van der Waals surface area contributed by atoms with E-state index in [0.717, 1.165) is 55.7 Å². The van der Waals surface area contributed by atoms with Gasteiger partial charge in [0.2, 0.25) is 5.91 Å². The standard InChI is InChI=1S/C33H46N4O3/c1-5-7-19-40-33(29-12-9-8-11-25(29)3)22-37(23-33)32(38)30(20-26-13-15-28(39-4)16-14-26)35-18-17-27(10-6-2)31-21-34-24-36-31/h8-9,11-16,21,24,27,30,35H,5-7,10,17-20,22-23H2,1-4H3,(H,34,36). The van der Waals surface area contributed by atoms with E-state index in [1.807, 2.05) is 35.4 Å². The maximum atomic E-state index is 14.0. The lowest BCUT2D eigenvalue weighted by Crippen LogP contribution is -2.66. The third kappa shape index (κ3) is 7.32. The van der Waals surface area contributed by atoms with E-state index in [4.69, 9.17) is 9.47 Å². The first-order chi connectivity index (χ1) is 19.5. The molecule has 2 heterocycles. The Morgan fingerprint density at radius 2 is 1.88 bits per heavy atom. The van der Waals surface area contributed by atoms with E-state index in [-0.39, 0.29) is 11.9 Å². The highest BCUT2D eigenvalue weighted by Crippen LogP contribution is 2.38. The van der Waals surface area contributed by atoms with Crippen LogP contribution in [0.15, 0.2) is 61.1 Å². The van der Waals surface area contributed by atoms with Gasteiger partial charge in [-0.15, -0.1) is 0 Å². The van der Waals surface area contributed by atoms with E-state index in [9.17, 15) is 4.79 Å². The van der Waals surface area contributed by atoms with Crippen molar-refractivity contribution in [1.82, 2.24) is 20.2 Å². The van der Waals surface area contributed by atoms with Crippen LogP contribution in [0.5, 0.6) is 5.75 Å². The van der Waals surface area contributed by atoms with Gasteiger partial charge in [0.25, 0.3) is 0 Å². The molecule has 0 radical (unpaired) electrons. The number of methoxy groups -OCH3 is 1. The van der Waals surface area contributed by atoms with Crippen molar-refractivity contribution in [1.29, 1.82) is 0 Å². The second-order valence-corrected chi connectivity index (χ2v) is 11.0. The number of aromatic nitrogens is 2. The number of hydrogen-bond donors (Lipinski definition) is 2. The first kappa shape index (κ1) is 29.8. The summed E-state index contributed by atoms with van der Waals surface area (Å²) in [6.45, 7) is 9.11. The van der Waals surface area contributed by atoms with E-state index in [2.05, 4.69) is 60.3 Å². The molecule has 1 saturated heterocycles. The van der Waals surface area contributed by atoms with Gasteiger partial charge in [-0.25, -0.2) is 4.98 Å². The molecule has 1 aliphatic rings. The van der Waals surface area contributed by atoms with Crippen molar-refractivity contribution in [2.45, 2.75) is 76.9 Å². The van der Waals surface area contributed by atoms with Gasteiger partial charge < -0.3 is 24.7 Å². The normalized spacial score (nSPS) is 15.8. The molecule has 0 spiro atoms. The maximum absolute atomic E-state index is 14.0. The Kier molecular flexibility index (Phi) is 10.8. The van der Waals surface area contributed by atoms with Crippen LogP contribution in [0.2, 0.25) is 0 Å². The molecule has 0 saturated carbocycles. The summed E-state index contributed by atoms with van der Waals surface area (Å²) < 4.78 is 11.9. The number of H-pyrrole nitrogens is 1. The topological polar surface area (TPSA) is 79.5 Å². The summed E-state index contributed by atoms with van der Waals surface area (Å²) in [7, 11) is 1.67. The highest BCUT2D eigenvalue weighted by molar-refractivity contribution is 5.83. The Morgan fingerprint density at radius 3 is 2.52 bits per heavy atom. The number of benzene rings is 2. The van der Waals surface area contributed by atoms with Gasteiger partial charge in [0.15, 0.2) is 0 Å². The number of carbonyl (C=O) groups is 1. The fraction of sp³-hybridized carbons (Fsp3) is 0.515. The lowest BCUT2D eigenvalue weighted by molar-refractivity contribution is -0.175. The minimum absolute atomic E-state index is 0.130. The Hall–Kier alpha value is -3.16. The first-order valence-electron chi connectivity index (χ1n) is 14.8. The lowest BCUT2D eigenvalue weighted by Gasteiger charge is -2.51. The Morgan fingerprint density at radius 1 is 1.10 bits per heavy atom. The molecule has 2 N–H and O–H groups in total. The van der Waals surface area contributed by atoms with Crippen molar-refractivity contribution < 1.29 is 14.3 Å². The average Bonchev–Trinajstić information content (AvgIpc) is 3.49. The van der Waals surface area contributed by atoms with Crippen LogP contribution in [-0.2, 0) is 21.6 Å². The van der Waals surface area contributed by atoms with E-state index < -0.39 is 5.60 Å². The highest BCUT2D eigenvalue weighted by Gasteiger charge is 2.49. The molecule has 2 aromatic carbocycles. The molecule has 216 valence electrons. The summed E-state index contributed by atoms with van der Waals surface area (Å²) >= 11 is 0. The minimum Gasteiger partial charge on any atom is -0.497 e. The Balaban J connectivity index is 1.47. The van der Waals surface area contributed by atoms with Gasteiger partial charge in [-0.05, 0) is 68.0 Å². The van der Waals surface area contributed by atoms with Crippen LogP contribution in [0.3, 0.4) is 0 Å². The number of imidazole rings is 1. The molecule has 3 aromatic rings. The third-order valence-electron chi connectivity index (χ3n) is 8.07. The van der Waals surface area contributed by atoms with Gasteiger partial charge in [-0.1, -0.05) is 63.1 Å². The second-order valence-electron chi connectivity index (χ2n) is 11.0. The van der Waals surface area contributed by atoms with Gasteiger partial charge in [0, 0.05) is 18.7 Å². The molecule has 7 heteroatoms. The number of rotatable bonds is 16. The van der Waals surface area contributed by atoms with Crippen LogP contribution in [0, 0.1) is 6.92 Å². The fourth-order valence-corrected chi connectivity index (χ4v) is 5.74. The molecular weight excluding hydrogens is 500 g/mol. The van der Waals surface area contributed by atoms with E-state index in [0.29, 0.717) is 32.0 Å². The quantitative estimate of drug-likeness (QED) is 0.224. The third-order valence-corrected chi connectivity index (χ3v) is 8.07. The lowest BCUT2D eigenvalue weighted by atomic mass is 9.82. The van der Waals surface area contributed by atoms with E-state index in [1.54, 1.807) is 13.4 Å². The number of ether oxygens (including phenoxy) is 2. The summed E-state index contributed by atoms with van der Waals surface area (Å²) in [5.74, 6) is 1.31. The zero-order valence-corrected chi connectivity index (χ0v) is 24.6. The van der Waals surface area contributed by atoms with Crippen molar-refractivity contribution in [2.24, 2.45) is 0 Å². The smallest absolute Gasteiger partial charge is 0.240 e. The molecule has 4 rings (SSSR count). The summed E-state index contributed by atoms with van der Waals surface area (Å²) in [6.07, 6.45) is 9.55. The molecule has 0 aliphatic carbocycles. The zero-order valence-electron chi connectivity index (χ0n) is 24.6. The van der Waals surface area contributed by atoms with Gasteiger partial charge >= 0.3 is 0 Å². The van der Waals surface area contributed by atoms with Crippen LogP contribution in [-0.4, -0.2) is 60.2 Å². The number of aryl methyl sites for hydroxylation is 1. The van der Waals surface area contributed by atoms with Crippen molar-refractivity contribution in [3.63, 3.8) is 0 Å². The molecule has 7 nitrogen and oxygen atoms in total. The summed E-state index contributed by atoms with van der Waals surface area (Å²) in [5, 5.41) is 3.63. The van der Waals surface area contributed by atoms with E-state index in [1.165, 1.54) is 11.1 Å². The summed E-state index contributed by atoms with van der Waals surface area (Å²) in [5.41, 5.74) is 4.16. The molecule has 1 aliphatic heterocycles. The summed E-state index contributed by atoms with van der Waals surface area (Å²) in [4.78, 5) is 23.5. The SMILES string of the molecule is CCCCOC1(c2ccccc2C)CN(C(=O)C(Cc2ccc(OC)cc2)NCCC(CCC)c2c[nH]cn2)C1. The fourth-order valence-electron chi connectivity index (χ4n) is 5.74. The first-order valence-corrected chi connectivity index (χ1v) is 14.8. The minimum atomic E-state index is -0.437. The van der Waals surface area contributed by atoms with Crippen LogP contribution in [0.1, 0.15) is 74.3 Å². The van der Waals surface area contributed by atoms with Crippen molar-refractivity contribution in [2.75, 3.05) is 33.4 Å². The number of aromatic amines is 1. The molecule has 1 aromatic heterocycles. The maximum Gasteiger partial charge on any atom is 0.240 e.